The highest BCUT2D eigenvalue weighted by Gasteiger charge is 2.33. The lowest BCUT2D eigenvalue weighted by Crippen LogP contribution is -2.59. The van der Waals surface area contributed by atoms with Crippen molar-refractivity contribution in [2.45, 2.75) is 82.2 Å². The number of aromatic hydroxyl groups is 1. The van der Waals surface area contributed by atoms with E-state index in [4.69, 9.17) is 5.73 Å². The molecule has 0 unspecified atom stereocenters. The molecule has 0 fully saturated rings. The smallest absolute Gasteiger partial charge is 0.326 e. The number of carboxylic acid groups (broad SMARTS) is 2. The summed E-state index contributed by atoms with van der Waals surface area (Å²) in [4.78, 5) is 90.2. The molecule has 0 saturated heterocycles. The van der Waals surface area contributed by atoms with Gasteiger partial charge in [-0.3, -0.25) is 28.8 Å². The molecule has 3 rings (SSSR count). The molecule has 0 aliphatic carbocycles. The third kappa shape index (κ3) is 14.0. The molecule has 0 bridgehead atoms. The number of benzene rings is 3. The van der Waals surface area contributed by atoms with Gasteiger partial charge in [0.1, 0.15) is 36.0 Å². The van der Waals surface area contributed by atoms with Crippen LogP contribution in [0.3, 0.4) is 0 Å². The minimum absolute atomic E-state index is 0.0373. The summed E-state index contributed by atoms with van der Waals surface area (Å²) < 4.78 is 0. The van der Waals surface area contributed by atoms with Gasteiger partial charge in [0.05, 0.1) is 6.04 Å². The molecule has 0 saturated carbocycles. The van der Waals surface area contributed by atoms with Crippen molar-refractivity contribution < 1.29 is 48.9 Å². The Hall–Kier alpha value is -6.29. The quantitative estimate of drug-likeness (QED) is 0.0752. The summed E-state index contributed by atoms with van der Waals surface area (Å²) in [6, 6.07) is 15.4. The molecule has 3 aromatic rings. The Bertz CT molecular complexity index is 1760. The highest BCUT2D eigenvalue weighted by molar-refractivity contribution is 5.96. The number of hydrogen-bond donors (Lipinski definition) is 9. The van der Waals surface area contributed by atoms with E-state index in [-0.39, 0.29) is 31.4 Å². The molecule has 16 nitrogen and oxygen atoms in total. The maximum atomic E-state index is 14.1. The first kappa shape index (κ1) is 42.1. The lowest BCUT2D eigenvalue weighted by molar-refractivity contribution is -0.142. The van der Waals surface area contributed by atoms with Crippen LogP contribution in [-0.4, -0.2) is 93.0 Å². The molecule has 0 aliphatic rings. The minimum Gasteiger partial charge on any atom is -0.508 e. The molecule has 288 valence electrons. The van der Waals surface area contributed by atoms with E-state index in [1.807, 2.05) is 0 Å². The van der Waals surface area contributed by atoms with Crippen LogP contribution in [-0.2, 0) is 52.8 Å². The third-order valence-corrected chi connectivity index (χ3v) is 8.27. The van der Waals surface area contributed by atoms with E-state index in [0.29, 0.717) is 16.7 Å². The van der Waals surface area contributed by atoms with Gasteiger partial charge in [-0.1, -0.05) is 72.8 Å². The number of hydrogen-bond acceptors (Lipinski definition) is 9. The predicted octanol–water partition coefficient (Wildman–Crippen LogP) is 0.161. The van der Waals surface area contributed by atoms with Crippen LogP contribution >= 0.6 is 0 Å². The van der Waals surface area contributed by atoms with Gasteiger partial charge < -0.3 is 47.6 Å². The Morgan fingerprint density at radius 3 is 1.39 bits per heavy atom. The van der Waals surface area contributed by atoms with Gasteiger partial charge in [0, 0.05) is 25.7 Å². The summed E-state index contributed by atoms with van der Waals surface area (Å²) in [6.45, 7) is 2.75. The van der Waals surface area contributed by atoms with Crippen LogP contribution in [0.25, 0.3) is 0 Å². The molecule has 6 atom stereocenters. The van der Waals surface area contributed by atoms with Crippen LogP contribution in [0, 0.1) is 0 Å². The van der Waals surface area contributed by atoms with E-state index in [2.05, 4.69) is 26.6 Å². The zero-order chi connectivity index (χ0) is 39.8. The average molecular weight is 747 g/mol. The number of carbonyl (C=O) groups excluding carboxylic acids is 5. The van der Waals surface area contributed by atoms with E-state index in [9.17, 15) is 48.9 Å². The van der Waals surface area contributed by atoms with Crippen molar-refractivity contribution in [2.75, 3.05) is 0 Å². The van der Waals surface area contributed by atoms with Gasteiger partial charge in [-0.05, 0) is 49.1 Å². The molecule has 0 aromatic heterocycles. The van der Waals surface area contributed by atoms with Gasteiger partial charge in [-0.2, -0.15) is 0 Å². The van der Waals surface area contributed by atoms with Crippen molar-refractivity contribution in [3.05, 3.63) is 102 Å². The van der Waals surface area contributed by atoms with Crippen LogP contribution in [0.2, 0.25) is 0 Å². The standard InChI is InChI=1S/C38H46N6O10/c1-22(39)33(48)40-23(2)34(49)41-28(17-18-32(46)47)35(50)42-30(20-26-13-15-27(45)16-14-26)36(51)43-29(19-24-9-5-3-6-10-24)37(52)44-31(38(53)54)21-25-11-7-4-8-12-25/h3-16,22-23,28-31,45H,17-21,39H2,1-2H3,(H,40,48)(H,41,49)(H,42,50)(H,43,51)(H,44,52)(H,46,47)(H,53,54)/t22-,23-,28-,29-,30-,31-/m0/s1. The highest BCUT2D eigenvalue weighted by Crippen LogP contribution is 2.13. The summed E-state index contributed by atoms with van der Waals surface area (Å²) in [5, 5.41) is 41.6. The van der Waals surface area contributed by atoms with Gasteiger partial charge in [-0.15, -0.1) is 0 Å². The Labute approximate surface area is 311 Å². The number of carbonyl (C=O) groups is 7. The number of carboxylic acids is 2. The normalized spacial score (nSPS) is 14.1. The number of amides is 5. The minimum atomic E-state index is -1.48. The van der Waals surface area contributed by atoms with Crippen molar-refractivity contribution >= 4 is 41.5 Å². The van der Waals surface area contributed by atoms with Crippen LogP contribution in [0.4, 0.5) is 0 Å². The van der Waals surface area contributed by atoms with E-state index in [0.717, 1.165) is 0 Å². The summed E-state index contributed by atoms with van der Waals surface area (Å²) in [5.74, 6) is -6.68. The van der Waals surface area contributed by atoms with Crippen molar-refractivity contribution in [3.63, 3.8) is 0 Å². The number of aliphatic carboxylic acids is 2. The lowest BCUT2D eigenvalue weighted by Gasteiger charge is -2.27. The van der Waals surface area contributed by atoms with Crippen molar-refractivity contribution in [2.24, 2.45) is 5.73 Å². The second kappa shape index (κ2) is 20.7. The van der Waals surface area contributed by atoms with Gasteiger partial charge in [0.2, 0.25) is 29.5 Å². The molecule has 0 aliphatic heterocycles. The second-order valence-electron chi connectivity index (χ2n) is 12.8. The van der Waals surface area contributed by atoms with Crippen molar-refractivity contribution in [1.82, 2.24) is 26.6 Å². The molecule has 0 spiro atoms. The summed E-state index contributed by atoms with van der Waals surface area (Å²) in [6.07, 6.45) is -1.20. The topological polar surface area (TPSA) is 266 Å². The number of phenols is 1. The number of nitrogens with two attached hydrogens (primary N) is 1. The number of nitrogens with one attached hydrogen (secondary N) is 5. The van der Waals surface area contributed by atoms with Crippen LogP contribution in [0.15, 0.2) is 84.9 Å². The molecular weight excluding hydrogens is 700 g/mol. The molecule has 0 heterocycles. The Kier molecular flexibility index (Phi) is 16.1. The van der Waals surface area contributed by atoms with E-state index in [1.54, 1.807) is 60.7 Å². The Morgan fingerprint density at radius 2 is 0.944 bits per heavy atom. The molecular formula is C38H46N6O10. The molecule has 10 N–H and O–H groups in total. The fourth-order valence-corrected chi connectivity index (χ4v) is 5.25. The maximum absolute atomic E-state index is 14.1. The lowest BCUT2D eigenvalue weighted by atomic mass is 10.0. The molecule has 5 amide bonds. The Balaban J connectivity index is 1.91. The Morgan fingerprint density at radius 1 is 0.537 bits per heavy atom. The second-order valence-corrected chi connectivity index (χ2v) is 12.8. The summed E-state index contributed by atoms with van der Waals surface area (Å²) in [7, 11) is 0. The molecule has 0 radical (unpaired) electrons. The summed E-state index contributed by atoms with van der Waals surface area (Å²) in [5.41, 5.74) is 7.32. The van der Waals surface area contributed by atoms with E-state index < -0.39 is 84.1 Å². The van der Waals surface area contributed by atoms with Crippen LogP contribution < -0.4 is 32.3 Å². The van der Waals surface area contributed by atoms with Gasteiger partial charge in [-0.25, -0.2) is 4.79 Å². The van der Waals surface area contributed by atoms with Crippen molar-refractivity contribution in [3.8, 4) is 5.75 Å². The van der Waals surface area contributed by atoms with E-state index in [1.165, 1.54) is 38.1 Å². The van der Waals surface area contributed by atoms with Crippen LogP contribution in [0.1, 0.15) is 43.4 Å². The van der Waals surface area contributed by atoms with Gasteiger partial charge in [0.15, 0.2) is 0 Å². The molecule has 3 aromatic carbocycles. The largest absolute Gasteiger partial charge is 0.508 e. The third-order valence-electron chi connectivity index (χ3n) is 8.27. The first-order valence-electron chi connectivity index (χ1n) is 17.2. The molecule has 16 heteroatoms. The van der Waals surface area contributed by atoms with Crippen molar-refractivity contribution in [1.29, 1.82) is 0 Å². The van der Waals surface area contributed by atoms with Gasteiger partial charge >= 0.3 is 11.9 Å². The average Bonchev–Trinajstić information content (AvgIpc) is 3.13. The zero-order valence-corrected chi connectivity index (χ0v) is 29.9. The maximum Gasteiger partial charge on any atom is 0.326 e. The first-order chi connectivity index (χ1) is 25.6. The van der Waals surface area contributed by atoms with E-state index >= 15 is 0 Å². The first-order valence-corrected chi connectivity index (χ1v) is 17.2. The predicted molar refractivity (Wildman–Crippen MR) is 196 cm³/mol. The van der Waals surface area contributed by atoms with Gasteiger partial charge in [0.25, 0.3) is 0 Å². The molecule has 54 heavy (non-hydrogen) atoms. The fourth-order valence-electron chi connectivity index (χ4n) is 5.25. The SMILES string of the molecule is C[C@H](N)C(=O)N[C@@H](C)C(=O)N[C@@H](CCC(=O)O)C(=O)N[C@@H](Cc1ccc(O)cc1)C(=O)N[C@@H](Cc1ccccc1)C(=O)N[C@@H](Cc1ccccc1)C(=O)O. The number of rotatable bonds is 20. The summed E-state index contributed by atoms with van der Waals surface area (Å²) >= 11 is 0. The highest BCUT2D eigenvalue weighted by atomic mass is 16.4. The zero-order valence-electron chi connectivity index (χ0n) is 29.9. The fraction of sp³-hybridized carbons (Fsp3) is 0.342. The number of phenolic OH excluding ortho intramolecular Hbond substituents is 1. The monoisotopic (exact) mass is 746 g/mol. The van der Waals surface area contributed by atoms with Crippen LogP contribution in [0.5, 0.6) is 5.75 Å².